The molecular weight excluding hydrogens is 306 g/mol. The van der Waals surface area contributed by atoms with Gasteiger partial charge in [0.2, 0.25) is 6.41 Å². The van der Waals surface area contributed by atoms with Crippen molar-refractivity contribution in [2.45, 2.75) is 30.6 Å². The minimum absolute atomic E-state index is 0. The first-order chi connectivity index (χ1) is 9.09. The Balaban J connectivity index is 0.00000361. The lowest BCUT2D eigenvalue weighted by Gasteiger charge is -2.41. The summed E-state index contributed by atoms with van der Waals surface area (Å²) in [6.45, 7) is 3.39. The van der Waals surface area contributed by atoms with Gasteiger partial charge in [-0.25, -0.2) is 4.79 Å². The van der Waals surface area contributed by atoms with E-state index in [1.54, 1.807) is 6.92 Å². The number of amides is 1. The van der Waals surface area contributed by atoms with Crippen molar-refractivity contribution in [3.8, 4) is 0 Å². The molecule has 20 heavy (non-hydrogen) atoms. The Morgan fingerprint density at radius 1 is 1.55 bits per heavy atom. The number of likely N-dealkylation sites (tertiary alicyclic amines) is 1. The molecule has 1 aliphatic heterocycles. The summed E-state index contributed by atoms with van der Waals surface area (Å²) in [6, 6.07) is -0.846. The van der Waals surface area contributed by atoms with E-state index in [4.69, 9.17) is 4.74 Å². The fourth-order valence-corrected chi connectivity index (χ4v) is 3.02. The lowest BCUT2D eigenvalue weighted by Crippen LogP contribution is -2.57. The van der Waals surface area contributed by atoms with Crippen molar-refractivity contribution in [2.75, 3.05) is 26.7 Å². The van der Waals surface area contributed by atoms with E-state index in [-0.39, 0.29) is 19.0 Å². The first-order valence-corrected chi connectivity index (χ1v) is 6.92. The van der Waals surface area contributed by atoms with Crippen molar-refractivity contribution in [2.24, 2.45) is 4.58 Å². The van der Waals surface area contributed by atoms with E-state index in [2.05, 4.69) is 14.8 Å². The number of nitrogens with one attached hydrogen (secondary N) is 1. The second kappa shape index (κ2) is 9.15. The van der Waals surface area contributed by atoms with Crippen molar-refractivity contribution in [3.05, 3.63) is 4.91 Å². The van der Waals surface area contributed by atoms with Crippen LogP contribution in [0.4, 0.5) is 0 Å². The quantitative estimate of drug-likeness (QED) is 0.325. The van der Waals surface area contributed by atoms with Gasteiger partial charge in [0.05, 0.1) is 11.4 Å². The number of hydrogen-bond acceptors (Lipinski definition) is 7. The Kier molecular flexibility index (Phi) is 8.75. The number of carbonyl (C=O) groups excluding carboxylic acids is 2. The first-order valence-electron chi connectivity index (χ1n) is 6.15. The largest absolute Gasteiger partial charge is 0.464 e. The van der Waals surface area contributed by atoms with Gasteiger partial charge in [-0.05, 0) is 39.9 Å². The molecule has 0 aromatic rings. The van der Waals surface area contributed by atoms with Crippen molar-refractivity contribution < 1.29 is 14.3 Å². The number of ether oxygens (including phenoxy) is 1. The van der Waals surface area contributed by atoms with Gasteiger partial charge in [0, 0.05) is 16.5 Å². The number of hydrogen-bond donors (Lipinski definition) is 1. The normalized spacial score (nSPS) is 19.3. The van der Waals surface area contributed by atoms with Gasteiger partial charge in [-0.3, -0.25) is 4.79 Å². The van der Waals surface area contributed by atoms with Gasteiger partial charge >= 0.3 is 5.97 Å². The van der Waals surface area contributed by atoms with Gasteiger partial charge in [0.25, 0.3) is 0 Å². The number of nitrogens with zero attached hydrogens (tertiary/aromatic N) is 2. The summed E-state index contributed by atoms with van der Waals surface area (Å²) in [5.74, 6) is -0.518. The highest BCUT2D eigenvalue weighted by atomic mass is 35.5. The fraction of sp³-hybridized carbons (Fsp3) is 0.818. The number of carbonyl (C=O) groups is 2. The molecule has 0 radical (unpaired) electrons. The highest BCUT2D eigenvalue weighted by Gasteiger charge is 2.47. The zero-order chi connectivity index (χ0) is 14.3. The summed E-state index contributed by atoms with van der Waals surface area (Å²) in [5.41, 5.74) is 0. The maximum Gasteiger partial charge on any atom is 0.330 e. The number of rotatable bonds is 7. The second-order valence-corrected chi connectivity index (χ2v) is 5.65. The predicted octanol–water partition coefficient (Wildman–Crippen LogP) is 0.965. The molecule has 7 nitrogen and oxygen atoms in total. The van der Waals surface area contributed by atoms with E-state index in [1.807, 2.05) is 7.05 Å². The molecule has 1 saturated heterocycles. The van der Waals surface area contributed by atoms with Crippen LogP contribution < -0.4 is 5.32 Å². The summed E-state index contributed by atoms with van der Waals surface area (Å²) < 4.78 is 7.14. The van der Waals surface area contributed by atoms with Gasteiger partial charge in [0.1, 0.15) is 6.04 Å². The monoisotopic (exact) mass is 325 g/mol. The van der Waals surface area contributed by atoms with Crippen LogP contribution >= 0.6 is 24.4 Å². The number of piperidine rings is 1. The van der Waals surface area contributed by atoms with E-state index in [9.17, 15) is 14.5 Å². The molecule has 1 atom stereocenters. The molecule has 1 aliphatic rings. The van der Waals surface area contributed by atoms with Crippen LogP contribution in [0.15, 0.2) is 4.58 Å². The molecule has 0 bridgehead atoms. The van der Waals surface area contributed by atoms with Crippen molar-refractivity contribution in [3.63, 3.8) is 0 Å². The number of nitroso groups, excluding NO2 is 1. The molecule has 0 spiro atoms. The molecule has 1 N–H and O–H groups in total. The van der Waals surface area contributed by atoms with E-state index < -0.39 is 16.8 Å². The molecule has 116 valence electrons. The molecular formula is C11H20ClN3O4S. The van der Waals surface area contributed by atoms with Crippen LogP contribution in [0.1, 0.15) is 19.8 Å². The predicted molar refractivity (Wildman–Crippen MR) is 79.7 cm³/mol. The van der Waals surface area contributed by atoms with E-state index in [0.29, 0.717) is 19.3 Å². The minimum atomic E-state index is -0.846. The average molecular weight is 326 g/mol. The summed E-state index contributed by atoms with van der Waals surface area (Å²) in [4.78, 5) is 35.5. The highest BCUT2D eigenvalue weighted by molar-refractivity contribution is 7.99. The van der Waals surface area contributed by atoms with E-state index in [0.717, 1.165) is 25.0 Å². The van der Waals surface area contributed by atoms with Crippen LogP contribution in [0.5, 0.6) is 0 Å². The topological polar surface area (TPSA) is 88.1 Å². The first kappa shape index (κ1) is 19.1. The maximum absolute atomic E-state index is 12.0. The van der Waals surface area contributed by atoms with Crippen molar-refractivity contribution in [1.29, 1.82) is 0 Å². The smallest absolute Gasteiger partial charge is 0.330 e. The number of esters is 1. The molecule has 1 fully saturated rings. The molecule has 1 heterocycles. The third-order valence-electron chi connectivity index (χ3n) is 3.34. The number of halogens is 1. The van der Waals surface area contributed by atoms with E-state index >= 15 is 0 Å². The van der Waals surface area contributed by atoms with Crippen LogP contribution in [-0.4, -0.2) is 54.8 Å². The van der Waals surface area contributed by atoms with Gasteiger partial charge in [0.15, 0.2) is 0 Å². The maximum atomic E-state index is 12.0. The van der Waals surface area contributed by atoms with E-state index in [1.165, 1.54) is 0 Å². The molecule has 1 amide bonds. The van der Waals surface area contributed by atoms with Crippen LogP contribution in [-0.2, 0) is 14.3 Å². The van der Waals surface area contributed by atoms with Crippen molar-refractivity contribution in [1.82, 2.24) is 10.2 Å². The Hall–Kier alpha value is -0.860. The zero-order valence-electron chi connectivity index (χ0n) is 11.5. The highest BCUT2D eigenvalue weighted by Crippen LogP contribution is 2.40. The molecule has 0 aliphatic carbocycles. The van der Waals surface area contributed by atoms with Crippen LogP contribution in [0.3, 0.4) is 0 Å². The van der Waals surface area contributed by atoms with Gasteiger partial charge in [-0.2, -0.15) is 0 Å². The SMILES string of the molecule is CCOC(=O)C(NC=O)C1(SN=O)CCN(C)CC1.Cl. The third-order valence-corrected chi connectivity index (χ3v) is 4.42. The summed E-state index contributed by atoms with van der Waals surface area (Å²) in [5, 5.41) is 2.48. The fourth-order valence-electron chi connectivity index (χ4n) is 2.23. The lowest BCUT2D eigenvalue weighted by molar-refractivity contribution is -0.147. The molecule has 0 aromatic heterocycles. The zero-order valence-corrected chi connectivity index (χ0v) is 13.2. The van der Waals surface area contributed by atoms with Crippen LogP contribution in [0, 0.1) is 4.91 Å². The van der Waals surface area contributed by atoms with Gasteiger partial charge in [-0.1, -0.05) is 0 Å². The summed E-state index contributed by atoms with van der Waals surface area (Å²) >= 11 is 0.825. The second-order valence-electron chi connectivity index (χ2n) is 4.50. The molecule has 9 heteroatoms. The Labute approximate surface area is 128 Å². The average Bonchev–Trinajstić information content (AvgIpc) is 2.39. The Morgan fingerprint density at radius 2 is 2.15 bits per heavy atom. The van der Waals surface area contributed by atoms with Gasteiger partial charge in [-0.15, -0.1) is 17.3 Å². The van der Waals surface area contributed by atoms with Crippen molar-refractivity contribution >= 4 is 36.7 Å². The molecule has 1 unspecified atom stereocenters. The summed E-state index contributed by atoms with van der Waals surface area (Å²) in [6.07, 6.45) is 1.64. The standard InChI is InChI=1S/C11H19N3O4S.ClH/c1-3-18-10(16)9(12-8-15)11(19-13-17)4-6-14(2)7-5-11;/h8-9H,3-7H2,1-2H3,(H,12,15);1H. The molecule has 0 saturated carbocycles. The summed E-state index contributed by atoms with van der Waals surface area (Å²) in [7, 11) is 1.97. The Bertz CT molecular complexity index is 338. The molecule has 1 rings (SSSR count). The lowest BCUT2D eigenvalue weighted by atomic mass is 9.88. The van der Waals surface area contributed by atoms with Crippen LogP contribution in [0.2, 0.25) is 0 Å². The molecule has 0 aromatic carbocycles. The minimum Gasteiger partial charge on any atom is -0.464 e. The third kappa shape index (κ3) is 4.60. The Morgan fingerprint density at radius 3 is 2.60 bits per heavy atom. The van der Waals surface area contributed by atoms with Crippen LogP contribution in [0.25, 0.3) is 0 Å². The van der Waals surface area contributed by atoms with Gasteiger partial charge < -0.3 is 15.0 Å².